The minimum Gasteiger partial charge on any atom is -0.456 e. The van der Waals surface area contributed by atoms with Crippen LogP contribution in [0, 0.1) is 11.6 Å². The van der Waals surface area contributed by atoms with Gasteiger partial charge in [-0.25, -0.2) is 8.78 Å². The van der Waals surface area contributed by atoms with E-state index in [0.29, 0.717) is 12.6 Å². The maximum atomic E-state index is 13.6. The highest BCUT2D eigenvalue weighted by Crippen LogP contribution is 2.10. The Bertz CT molecular complexity index is 888. The Hall–Kier alpha value is -3.29. The van der Waals surface area contributed by atoms with Crippen LogP contribution in [0.3, 0.4) is 0 Å². The minimum absolute atomic E-state index is 0.0821. The zero-order chi connectivity index (χ0) is 22.1. The number of carbonyl (C=O) groups excluding carboxylic acids is 3. The second kappa shape index (κ2) is 11.0. The fraction of sp³-hybridized carbons (Fsp3) is 0.318. The number of rotatable bonds is 9. The van der Waals surface area contributed by atoms with E-state index >= 15 is 0 Å². The Kier molecular flexibility index (Phi) is 8.46. The third-order valence-corrected chi connectivity index (χ3v) is 4.29. The number of hydrogen-bond donors (Lipinski definition) is 1. The van der Waals surface area contributed by atoms with Gasteiger partial charge < -0.3 is 15.0 Å². The zero-order valence-corrected chi connectivity index (χ0v) is 16.9. The first-order valence-electron chi connectivity index (χ1n) is 9.50. The van der Waals surface area contributed by atoms with Gasteiger partial charge >= 0.3 is 5.97 Å². The number of nitrogens with zero attached hydrogens (tertiary/aromatic N) is 1. The molecule has 8 heteroatoms. The smallest absolute Gasteiger partial charge is 0.308 e. The summed E-state index contributed by atoms with van der Waals surface area (Å²) < 4.78 is 31.4. The van der Waals surface area contributed by atoms with Crippen molar-refractivity contribution in [3.63, 3.8) is 0 Å². The lowest BCUT2D eigenvalue weighted by molar-refractivity contribution is -0.153. The molecule has 0 aromatic heterocycles. The van der Waals surface area contributed by atoms with Crippen molar-refractivity contribution in [2.24, 2.45) is 0 Å². The number of hydrogen-bond acceptors (Lipinski definition) is 4. The largest absolute Gasteiger partial charge is 0.456 e. The molecule has 0 bridgehead atoms. The summed E-state index contributed by atoms with van der Waals surface area (Å²) in [5.74, 6) is -3.57. The van der Waals surface area contributed by atoms with Gasteiger partial charge in [0.2, 0.25) is 0 Å². The summed E-state index contributed by atoms with van der Waals surface area (Å²) in [6.07, 6.45) is -0.192. The molecule has 6 nitrogen and oxygen atoms in total. The van der Waals surface area contributed by atoms with Crippen molar-refractivity contribution >= 4 is 17.8 Å². The lowest BCUT2D eigenvalue weighted by Crippen LogP contribution is -2.39. The van der Waals surface area contributed by atoms with Crippen molar-refractivity contribution in [2.45, 2.75) is 32.9 Å². The maximum absolute atomic E-state index is 13.6. The number of amides is 2. The average Bonchev–Trinajstić information content (AvgIpc) is 2.70. The van der Waals surface area contributed by atoms with Crippen LogP contribution in [0.1, 0.15) is 36.2 Å². The van der Waals surface area contributed by atoms with Gasteiger partial charge in [0.15, 0.2) is 6.61 Å². The number of ether oxygens (including phenoxy) is 1. The third-order valence-electron chi connectivity index (χ3n) is 4.29. The van der Waals surface area contributed by atoms with Gasteiger partial charge in [-0.2, -0.15) is 0 Å². The Balaban J connectivity index is 1.77. The van der Waals surface area contributed by atoms with Crippen LogP contribution in [0.4, 0.5) is 8.78 Å². The van der Waals surface area contributed by atoms with Crippen LogP contribution in [-0.4, -0.2) is 41.9 Å². The molecule has 0 atom stereocenters. The molecule has 2 aromatic rings. The van der Waals surface area contributed by atoms with E-state index < -0.39 is 30.1 Å². The van der Waals surface area contributed by atoms with Crippen molar-refractivity contribution in [3.8, 4) is 0 Å². The molecule has 0 spiro atoms. The summed E-state index contributed by atoms with van der Waals surface area (Å²) in [6.45, 7) is 3.61. The number of esters is 1. The molecule has 0 unspecified atom stereocenters. The molecule has 0 saturated carbocycles. The van der Waals surface area contributed by atoms with Crippen LogP contribution >= 0.6 is 0 Å². The lowest BCUT2D eigenvalue weighted by atomic mass is 10.2. The van der Waals surface area contributed by atoms with E-state index in [-0.39, 0.29) is 30.5 Å². The van der Waals surface area contributed by atoms with Crippen molar-refractivity contribution in [1.29, 1.82) is 0 Å². The second-order valence-electron chi connectivity index (χ2n) is 6.89. The summed E-state index contributed by atoms with van der Waals surface area (Å²) >= 11 is 0. The van der Waals surface area contributed by atoms with Crippen LogP contribution in [0.2, 0.25) is 0 Å². The van der Waals surface area contributed by atoms with Crippen LogP contribution < -0.4 is 5.32 Å². The molecule has 0 saturated heterocycles. The molecule has 0 aliphatic heterocycles. The van der Waals surface area contributed by atoms with Crippen LogP contribution in [-0.2, 0) is 20.9 Å². The predicted octanol–water partition coefficient (Wildman–Crippen LogP) is 3.07. The van der Waals surface area contributed by atoms with E-state index in [4.69, 9.17) is 4.74 Å². The first-order chi connectivity index (χ1) is 14.3. The summed E-state index contributed by atoms with van der Waals surface area (Å²) in [4.78, 5) is 37.8. The molecule has 0 aliphatic carbocycles. The molecule has 0 aliphatic rings. The molecule has 160 valence electrons. The molecular weight excluding hydrogens is 394 g/mol. The number of carbonyl (C=O) groups is 3. The van der Waals surface area contributed by atoms with E-state index in [1.54, 1.807) is 4.90 Å². The first-order valence-corrected chi connectivity index (χ1v) is 9.50. The quantitative estimate of drug-likeness (QED) is 0.635. The van der Waals surface area contributed by atoms with Crippen LogP contribution in [0.25, 0.3) is 0 Å². The molecule has 0 radical (unpaired) electrons. The average molecular weight is 418 g/mol. The molecule has 1 N–H and O–H groups in total. The lowest BCUT2D eigenvalue weighted by Gasteiger charge is -2.26. The second-order valence-corrected chi connectivity index (χ2v) is 6.89. The van der Waals surface area contributed by atoms with E-state index in [1.165, 1.54) is 0 Å². The predicted molar refractivity (Wildman–Crippen MR) is 106 cm³/mol. The van der Waals surface area contributed by atoms with E-state index in [1.807, 2.05) is 44.2 Å². The summed E-state index contributed by atoms with van der Waals surface area (Å²) in [5, 5.41) is 2.35. The molecule has 2 aromatic carbocycles. The molecule has 0 fully saturated rings. The fourth-order valence-corrected chi connectivity index (χ4v) is 2.68. The normalized spacial score (nSPS) is 10.6. The van der Waals surface area contributed by atoms with Gasteiger partial charge in [0, 0.05) is 25.2 Å². The highest BCUT2D eigenvalue weighted by Gasteiger charge is 2.19. The number of halogens is 2. The topological polar surface area (TPSA) is 75.7 Å². The fourth-order valence-electron chi connectivity index (χ4n) is 2.68. The molecule has 0 heterocycles. The Labute approximate surface area is 173 Å². The van der Waals surface area contributed by atoms with Gasteiger partial charge in [-0.15, -0.1) is 0 Å². The highest BCUT2D eigenvalue weighted by atomic mass is 19.1. The Morgan fingerprint density at radius 3 is 2.40 bits per heavy atom. The van der Waals surface area contributed by atoms with Gasteiger partial charge in [-0.3, -0.25) is 14.4 Å². The van der Waals surface area contributed by atoms with Crippen molar-refractivity contribution < 1.29 is 27.9 Å². The summed E-state index contributed by atoms with van der Waals surface area (Å²) in [6, 6.07) is 12.0. The summed E-state index contributed by atoms with van der Waals surface area (Å²) in [5.41, 5.74) is 0.634. The zero-order valence-electron chi connectivity index (χ0n) is 16.9. The van der Waals surface area contributed by atoms with Crippen molar-refractivity contribution in [3.05, 3.63) is 71.3 Å². The molecule has 2 amide bonds. The van der Waals surface area contributed by atoms with Gasteiger partial charge in [0.25, 0.3) is 11.8 Å². The van der Waals surface area contributed by atoms with E-state index in [9.17, 15) is 23.2 Å². The Morgan fingerprint density at radius 1 is 1.07 bits per heavy atom. The standard InChI is InChI=1S/C22H24F2N2O4/c1-15(2)26(13-16-6-4-3-5-7-16)20(27)14-30-21(28)10-11-25-22(29)18-9-8-17(23)12-19(18)24/h3-9,12,15H,10-11,13-14H2,1-2H3,(H,25,29). The summed E-state index contributed by atoms with van der Waals surface area (Å²) in [7, 11) is 0. The molecular formula is C22H24F2N2O4. The van der Waals surface area contributed by atoms with Gasteiger partial charge in [-0.05, 0) is 31.5 Å². The van der Waals surface area contributed by atoms with Gasteiger partial charge in [-0.1, -0.05) is 30.3 Å². The highest BCUT2D eigenvalue weighted by molar-refractivity contribution is 5.94. The number of benzene rings is 2. The number of nitrogens with one attached hydrogen (secondary N) is 1. The van der Waals surface area contributed by atoms with Crippen molar-refractivity contribution in [1.82, 2.24) is 10.2 Å². The third kappa shape index (κ3) is 6.95. The van der Waals surface area contributed by atoms with Crippen LogP contribution in [0.15, 0.2) is 48.5 Å². The monoisotopic (exact) mass is 418 g/mol. The molecule has 2 rings (SSSR count). The van der Waals surface area contributed by atoms with E-state index in [2.05, 4.69) is 5.32 Å². The minimum atomic E-state index is -0.993. The molecule has 30 heavy (non-hydrogen) atoms. The Morgan fingerprint density at radius 2 is 1.77 bits per heavy atom. The first kappa shape index (κ1) is 23.0. The van der Waals surface area contributed by atoms with Gasteiger partial charge in [0.05, 0.1) is 12.0 Å². The SMILES string of the molecule is CC(C)N(Cc1ccccc1)C(=O)COC(=O)CCNC(=O)c1ccc(F)cc1F. The van der Waals surface area contributed by atoms with Gasteiger partial charge in [0.1, 0.15) is 11.6 Å². The van der Waals surface area contributed by atoms with E-state index in [0.717, 1.165) is 17.7 Å². The van der Waals surface area contributed by atoms with Crippen molar-refractivity contribution in [2.75, 3.05) is 13.2 Å². The maximum Gasteiger partial charge on any atom is 0.308 e. The van der Waals surface area contributed by atoms with Crippen LogP contribution in [0.5, 0.6) is 0 Å².